The molecule has 1 aromatic heterocycles. The molecular formula is C21H18FN3O4. The summed E-state index contributed by atoms with van der Waals surface area (Å²) in [6.07, 6.45) is 1.41. The van der Waals surface area contributed by atoms with Gasteiger partial charge in [-0.05, 0) is 42.0 Å². The molecule has 3 aromatic rings. The molecule has 2 aromatic carbocycles. The summed E-state index contributed by atoms with van der Waals surface area (Å²) in [5, 5.41) is 12.0. The highest BCUT2D eigenvalue weighted by Crippen LogP contribution is 2.25. The second-order valence-electron chi connectivity index (χ2n) is 6.67. The highest BCUT2D eigenvalue weighted by atomic mass is 19.1. The first-order chi connectivity index (χ1) is 14.0. The van der Waals surface area contributed by atoms with Crippen LogP contribution in [0, 0.1) is 5.82 Å². The minimum Gasteiger partial charge on any atom is -0.478 e. The molecular weight excluding hydrogens is 377 g/mol. The van der Waals surface area contributed by atoms with Gasteiger partial charge in [0.15, 0.2) is 0 Å². The number of amides is 1. The molecule has 1 unspecified atom stereocenters. The fraction of sp³-hybridized carbons (Fsp3) is 0.190. The number of carboxylic acids is 1. The van der Waals surface area contributed by atoms with Crippen molar-refractivity contribution in [3.63, 3.8) is 0 Å². The van der Waals surface area contributed by atoms with E-state index in [1.807, 2.05) is 4.57 Å². The monoisotopic (exact) mass is 395 g/mol. The maximum Gasteiger partial charge on any atom is 0.336 e. The first-order valence-electron chi connectivity index (χ1n) is 9.05. The SMILES string of the molecule is O=C(O)c1ccccc1C(=O)NCC1Cn2c(-c3ccc(F)cc3)cnc2CO1. The van der Waals surface area contributed by atoms with Crippen LogP contribution in [0.3, 0.4) is 0 Å². The fourth-order valence-electron chi connectivity index (χ4n) is 3.33. The third-order valence-corrected chi connectivity index (χ3v) is 4.80. The first-order valence-corrected chi connectivity index (χ1v) is 9.05. The van der Waals surface area contributed by atoms with Crippen molar-refractivity contribution < 1.29 is 23.8 Å². The van der Waals surface area contributed by atoms with Gasteiger partial charge >= 0.3 is 5.97 Å². The summed E-state index contributed by atoms with van der Waals surface area (Å²) in [5.74, 6) is -1.18. The Kier molecular flexibility index (Phi) is 5.09. The summed E-state index contributed by atoms with van der Waals surface area (Å²) in [6.45, 7) is 0.962. The second-order valence-corrected chi connectivity index (χ2v) is 6.67. The van der Waals surface area contributed by atoms with E-state index in [-0.39, 0.29) is 36.2 Å². The van der Waals surface area contributed by atoms with E-state index in [0.717, 1.165) is 17.1 Å². The summed E-state index contributed by atoms with van der Waals surface area (Å²) in [5.41, 5.74) is 1.73. The van der Waals surface area contributed by atoms with E-state index >= 15 is 0 Å². The zero-order valence-corrected chi connectivity index (χ0v) is 15.3. The maximum absolute atomic E-state index is 13.2. The van der Waals surface area contributed by atoms with E-state index < -0.39 is 11.9 Å². The molecule has 7 nitrogen and oxygen atoms in total. The van der Waals surface area contributed by atoms with E-state index in [0.29, 0.717) is 6.54 Å². The number of aromatic carboxylic acids is 1. The molecule has 8 heteroatoms. The van der Waals surface area contributed by atoms with Gasteiger partial charge in [0.2, 0.25) is 0 Å². The normalized spacial score (nSPS) is 15.6. The third-order valence-electron chi connectivity index (χ3n) is 4.80. The van der Waals surface area contributed by atoms with Gasteiger partial charge < -0.3 is 19.7 Å². The molecule has 0 saturated carbocycles. The average Bonchev–Trinajstić information content (AvgIpc) is 3.16. The van der Waals surface area contributed by atoms with Gasteiger partial charge in [-0.1, -0.05) is 12.1 Å². The van der Waals surface area contributed by atoms with Crippen LogP contribution in [0.5, 0.6) is 0 Å². The Morgan fingerprint density at radius 3 is 2.62 bits per heavy atom. The lowest BCUT2D eigenvalue weighted by Crippen LogP contribution is -2.39. The fourth-order valence-corrected chi connectivity index (χ4v) is 3.33. The maximum atomic E-state index is 13.2. The van der Waals surface area contributed by atoms with Gasteiger partial charge in [-0.2, -0.15) is 0 Å². The van der Waals surface area contributed by atoms with E-state index in [2.05, 4.69) is 10.3 Å². The Balaban J connectivity index is 1.46. The number of hydrogen-bond donors (Lipinski definition) is 2. The number of carbonyl (C=O) groups excluding carboxylic acids is 1. The quantitative estimate of drug-likeness (QED) is 0.693. The first kappa shape index (κ1) is 18.8. The smallest absolute Gasteiger partial charge is 0.336 e. The third kappa shape index (κ3) is 3.88. The standard InChI is InChI=1S/C21H18FN3O4/c22-14-7-5-13(6-8-14)18-10-23-19-12-29-15(11-25(18)19)9-24-20(26)16-3-1-2-4-17(16)21(27)28/h1-8,10,15H,9,11-12H2,(H,24,26)(H,27,28). The largest absolute Gasteiger partial charge is 0.478 e. The predicted molar refractivity (Wildman–Crippen MR) is 102 cm³/mol. The number of imidazole rings is 1. The topological polar surface area (TPSA) is 93.4 Å². The highest BCUT2D eigenvalue weighted by molar-refractivity contribution is 6.04. The van der Waals surface area contributed by atoms with Crippen molar-refractivity contribution in [2.24, 2.45) is 0 Å². The minimum atomic E-state index is -1.16. The zero-order valence-electron chi connectivity index (χ0n) is 15.3. The van der Waals surface area contributed by atoms with Crippen LogP contribution in [0.1, 0.15) is 26.5 Å². The summed E-state index contributed by atoms with van der Waals surface area (Å²) in [7, 11) is 0. The van der Waals surface area contributed by atoms with Crippen molar-refractivity contribution in [1.29, 1.82) is 0 Å². The number of nitrogens with zero attached hydrogens (tertiary/aromatic N) is 2. The average molecular weight is 395 g/mol. The van der Waals surface area contributed by atoms with Crippen LogP contribution in [-0.4, -0.2) is 39.2 Å². The van der Waals surface area contributed by atoms with Gasteiger partial charge in [0.1, 0.15) is 18.2 Å². The molecule has 2 heterocycles. The molecule has 0 bridgehead atoms. The van der Waals surface area contributed by atoms with Crippen molar-refractivity contribution in [2.45, 2.75) is 19.3 Å². The summed E-state index contributed by atoms with van der Waals surface area (Å²) in [6, 6.07) is 12.2. The molecule has 0 aliphatic carbocycles. The lowest BCUT2D eigenvalue weighted by Gasteiger charge is -2.26. The number of ether oxygens (including phenoxy) is 1. The van der Waals surface area contributed by atoms with Gasteiger partial charge in [0.05, 0.1) is 35.7 Å². The molecule has 0 fully saturated rings. The molecule has 2 N–H and O–H groups in total. The van der Waals surface area contributed by atoms with Crippen LogP contribution in [-0.2, 0) is 17.9 Å². The van der Waals surface area contributed by atoms with Gasteiger partial charge in [-0.15, -0.1) is 0 Å². The Bertz CT molecular complexity index is 1060. The highest BCUT2D eigenvalue weighted by Gasteiger charge is 2.24. The predicted octanol–water partition coefficient (Wildman–Crippen LogP) is 2.72. The molecule has 4 rings (SSSR count). The minimum absolute atomic E-state index is 0.0509. The molecule has 1 aliphatic rings. The second kappa shape index (κ2) is 7.84. The molecule has 148 valence electrons. The molecule has 0 saturated heterocycles. The number of fused-ring (bicyclic) bond motifs is 1. The summed E-state index contributed by atoms with van der Waals surface area (Å²) < 4.78 is 21.0. The van der Waals surface area contributed by atoms with Crippen LogP contribution in [0.15, 0.2) is 54.7 Å². The molecule has 0 radical (unpaired) electrons. The van der Waals surface area contributed by atoms with E-state index in [1.54, 1.807) is 30.5 Å². The lowest BCUT2D eigenvalue weighted by molar-refractivity contribution is 0.00374. The van der Waals surface area contributed by atoms with E-state index in [9.17, 15) is 19.1 Å². The number of carboxylic acid groups (broad SMARTS) is 1. The number of nitrogens with one attached hydrogen (secondary N) is 1. The molecule has 1 atom stereocenters. The Morgan fingerprint density at radius 2 is 1.90 bits per heavy atom. The van der Waals surface area contributed by atoms with Crippen molar-refractivity contribution in [1.82, 2.24) is 14.9 Å². The van der Waals surface area contributed by atoms with Crippen LogP contribution >= 0.6 is 0 Å². The Hall–Kier alpha value is -3.52. The number of hydrogen-bond acceptors (Lipinski definition) is 4. The van der Waals surface area contributed by atoms with E-state index in [4.69, 9.17) is 4.74 Å². The number of rotatable bonds is 5. The number of carbonyl (C=O) groups is 2. The number of aromatic nitrogens is 2. The van der Waals surface area contributed by atoms with Gasteiger partial charge in [0.25, 0.3) is 5.91 Å². The van der Waals surface area contributed by atoms with Gasteiger partial charge in [-0.3, -0.25) is 4.79 Å². The summed E-state index contributed by atoms with van der Waals surface area (Å²) >= 11 is 0. The van der Waals surface area contributed by atoms with Crippen LogP contribution in [0.25, 0.3) is 11.3 Å². The number of halogens is 1. The van der Waals surface area contributed by atoms with Crippen molar-refractivity contribution in [3.05, 3.63) is 77.5 Å². The van der Waals surface area contributed by atoms with Crippen LogP contribution in [0.4, 0.5) is 4.39 Å². The number of benzene rings is 2. The van der Waals surface area contributed by atoms with Crippen molar-refractivity contribution in [2.75, 3.05) is 6.54 Å². The van der Waals surface area contributed by atoms with Crippen molar-refractivity contribution in [3.8, 4) is 11.3 Å². The van der Waals surface area contributed by atoms with Gasteiger partial charge in [0, 0.05) is 6.54 Å². The zero-order chi connectivity index (χ0) is 20.4. The molecule has 1 amide bonds. The Labute approximate surface area is 165 Å². The van der Waals surface area contributed by atoms with Crippen LogP contribution in [0.2, 0.25) is 0 Å². The Morgan fingerprint density at radius 1 is 1.17 bits per heavy atom. The van der Waals surface area contributed by atoms with E-state index in [1.165, 1.54) is 24.3 Å². The molecule has 0 spiro atoms. The molecule has 1 aliphatic heterocycles. The van der Waals surface area contributed by atoms with Crippen molar-refractivity contribution >= 4 is 11.9 Å². The lowest BCUT2D eigenvalue weighted by atomic mass is 10.1. The van der Waals surface area contributed by atoms with Crippen LogP contribution < -0.4 is 5.32 Å². The van der Waals surface area contributed by atoms with Gasteiger partial charge in [-0.25, -0.2) is 14.2 Å². The summed E-state index contributed by atoms with van der Waals surface area (Å²) in [4.78, 5) is 28.1. The molecule has 29 heavy (non-hydrogen) atoms.